The number of hydrogen-bond acceptors (Lipinski definition) is 6. The second-order valence-corrected chi connectivity index (χ2v) is 10.5. The molecule has 2 aromatic rings. The minimum atomic E-state index is -3.62. The highest BCUT2D eigenvalue weighted by atomic mass is 32.2. The van der Waals surface area contributed by atoms with E-state index in [1.807, 2.05) is 0 Å². The molecular formula is C22H24FN3O5S2. The third kappa shape index (κ3) is 6.11. The lowest BCUT2D eigenvalue weighted by molar-refractivity contribution is -0.137. The Balaban J connectivity index is 1.60. The molecule has 1 fully saturated rings. The van der Waals surface area contributed by atoms with Crippen LogP contribution in [0.15, 0.2) is 47.4 Å². The number of nitrogens with one attached hydrogen (secondary N) is 1. The number of nitrogens with zero attached hydrogens (tertiary/aromatic N) is 2. The molecule has 1 N–H and O–H groups in total. The zero-order chi connectivity index (χ0) is 24.2. The molecular weight excluding hydrogens is 469 g/mol. The predicted molar refractivity (Wildman–Crippen MR) is 124 cm³/mol. The molecule has 1 saturated heterocycles. The summed E-state index contributed by atoms with van der Waals surface area (Å²) >= 11 is 1.07. The number of hydrazine groups is 1. The van der Waals surface area contributed by atoms with E-state index in [0.29, 0.717) is 24.2 Å². The van der Waals surface area contributed by atoms with Crippen molar-refractivity contribution in [3.8, 4) is 0 Å². The van der Waals surface area contributed by atoms with Crippen LogP contribution in [0.3, 0.4) is 0 Å². The SMILES string of the molecule is Cc1ccc(F)cc1NC(=O)CSCC(=O)N1CCCN1C(=O)c1ccccc1S(C)(=O)=O. The van der Waals surface area contributed by atoms with Crippen LogP contribution < -0.4 is 5.32 Å². The van der Waals surface area contributed by atoms with Gasteiger partial charge in [0.05, 0.1) is 22.0 Å². The Hall–Kier alpha value is -2.92. The Labute approximate surface area is 196 Å². The number of hydrogen-bond donors (Lipinski definition) is 1. The van der Waals surface area contributed by atoms with Crippen LogP contribution in [-0.2, 0) is 19.4 Å². The second kappa shape index (κ2) is 10.3. The number of thioether (sulfide) groups is 1. The average Bonchev–Trinajstić information content (AvgIpc) is 3.25. The number of benzene rings is 2. The fourth-order valence-electron chi connectivity index (χ4n) is 3.41. The lowest BCUT2D eigenvalue weighted by Crippen LogP contribution is -2.46. The normalized spacial score (nSPS) is 13.8. The van der Waals surface area contributed by atoms with Gasteiger partial charge in [0, 0.05) is 25.0 Å². The lowest BCUT2D eigenvalue weighted by Gasteiger charge is -2.28. The van der Waals surface area contributed by atoms with E-state index in [0.717, 1.165) is 18.0 Å². The van der Waals surface area contributed by atoms with Gasteiger partial charge < -0.3 is 5.32 Å². The van der Waals surface area contributed by atoms with Gasteiger partial charge in [-0.05, 0) is 43.2 Å². The number of anilines is 1. The van der Waals surface area contributed by atoms with Crippen LogP contribution in [0, 0.1) is 12.7 Å². The van der Waals surface area contributed by atoms with Crippen LogP contribution in [0.4, 0.5) is 10.1 Å². The van der Waals surface area contributed by atoms with Crippen LogP contribution in [-0.4, -0.2) is 67.0 Å². The van der Waals surface area contributed by atoms with E-state index in [4.69, 9.17) is 0 Å². The Morgan fingerprint density at radius 3 is 2.48 bits per heavy atom. The molecule has 0 atom stereocenters. The molecule has 0 aromatic heterocycles. The predicted octanol–water partition coefficient (Wildman–Crippen LogP) is 2.50. The zero-order valence-electron chi connectivity index (χ0n) is 18.2. The molecule has 1 aliphatic heterocycles. The summed E-state index contributed by atoms with van der Waals surface area (Å²) in [5, 5.41) is 5.16. The molecule has 176 valence electrons. The molecule has 3 rings (SSSR count). The summed E-state index contributed by atoms with van der Waals surface area (Å²) in [7, 11) is -3.62. The van der Waals surface area contributed by atoms with Gasteiger partial charge >= 0.3 is 0 Å². The molecule has 0 saturated carbocycles. The van der Waals surface area contributed by atoms with Crippen molar-refractivity contribution in [3.63, 3.8) is 0 Å². The summed E-state index contributed by atoms with van der Waals surface area (Å²) in [5.41, 5.74) is 1.09. The summed E-state index contributed by atoms with van der Waals surface area (Å²) in [6.45, 7) is 2.35. The van der Waals surface area contributed by atoms with Gasteiger partial charge in [0.15, 0.2) is 9.84 Å². The van der Waals surface area contributed by atoms with Crippen molar-refractivity contribution >= 4 is 45.0 Å². The molecule has 0 spiro atoms. The Morgan fingerprint density at radius 1 is 1.06 bits per heavy atom. The first-order valence-electron chi connectivity index (χ1n) is 10.1. The van der Waals surface area contributed by atoms with E-state index in [1.54, 1.807) is 19.1 Å². The van der Waals surface area contributed by atoms with Gasteiger partial charge in [0.2, 0.25) is 5.91 Å². The van der Waals surface area contributed by atoms with Crippen molar-refractivity contribution in [3.05, 3.63) is 59.4 Å². The second-order valence-electron chi connectivity index (χ2n) is 7.57. The third-order valence-electron chi connectivity index (χ3n) is 5.00. The highest BCUT2D eigenvalue weighted by Gasteiger charge is 2.33. The summed E-state index contributed by atoms with van der Waals surface area (Å²) < 4.78 is 37.5. The van der Waals surface area contributed by atoms with E-state index in [9.17, 15) is 27.2 Å². The summed E-state index contributed by atoms with van der Waals surface area (Å²) in [5.74, 6) is -1.84. The van der Waals surface area contributed by atoms with Gasteiger partial charge in [0.25, 0.3) is 11.8 Å². The quantitative estimate of drug-likeness (QED) is 0.636. The number of halogens is 1. The molecule has 3 amide bonds. The van der Waals surface area contributed by atoms with Crippen LogP contribution in [0.5, 0.6) is 0 Å². The van der Waals surface area contributed by atoms with E-state index in [2.05, 4.69) is 5.32 Å². The van der Waals surface area contributed by atoms with Crippen LogP contribution in [0.25, 0.3) is 0 Å². The third-order valence-corrected chi connectivity index (χ3v) is 7.08. The van der Waals surface area contributed by atoms with Gasteiger partial charge in [-0.1, -0.05) is 18.2 Å². The molecule has 11 heteroatoms. The molecule has 0 bridgehead atoms. The minimum Gasteiger partial charge on any atom is -0.325 e. The van der Waals surface area contributed by atoms with Crippen molar-refractivity contribution in [1.82, 2.24) is 10.0 Å². The van der Waals surface area contributed by atoms with Crippen molar-refractivity contribution in [2.75, 3.05) is 36.2 Å². The van der Waals surface area contributed by atoms with E-state index in [1.165, 1.54) is 40.3 Å². The summed E-state index contributed by atoms with van der Waals surface area (Å²) in [4.78, 5) is 37.8. The first-order valence-corrected chi connectivity index (χ1v) is 13.2. The number of rotatable bonds is 7. The van der Waals surface area contributed by atoms with Crippen molar-refractivity contribution in [1.29, 1.82) is 0 Å². The number of amides is 3. The smallest absolute Gasteiger partial charge is 0.273 e. The number of sulfone groups is 1. The van der Waals surface area contributed by atoms with Crippen molar-refractivity contribution < 1.29 is 27.2 Å². The molecule has 1 aliphatic rings. The van der Waals surface area contributed by atoms with Crippen molar-refractivity contribution in [2.24, 2.45) is 0 Å². The van der Waals surface area contributed by atoms with E-state index < -0.39 is 21.6 Å². The van der Waals surface area contributed by atoms with E-state index in [-0.39, 0.29) is 40.3 Å². The molecule has 0 radical (unpaired) electrons. The molecule has 0 unspecified atom stereocenters. The largest absolute Gasteiger partial charge is 0.325 e. The molecule has 33 heavy (non-hydrogen) atoms. The van der Waals surface area contributed by atoms with Crippen molar-refractivity contribution in [2.45, 2.75) is 18.2 Å². The van der Waals surface area contributed by atoms with E-state index >= 15 is 0 Å². The highest BCUT2D eigenvalue weighted by molar-refractivity contribution is 8.00. The van der Waals surface area contributed by atoms with Crippen LogP contribution in [0.2, 0.25) is 0 Å². The number of carbonyl (C=O) groups is 3. The first-order chi connectivity index (χ1) is 15.6. The first kappa shape index (κ1) is 24.7. The average molecular weight is 494 g/mol. The maximum absolute atomic E-state index is 13.4. The summed E-state index contributed by atoms with van der Waals surface area (Å²) in [6.07, 6.45) is 1.58. The number of aryl methyl sites for hydroxylation is 1. The maximum atomic E-state index is 13.4. The Kier molecular flexibility index (Phi) is 7.75. The van der Waals surface area contributed by atoms with Gasteiger partial charge in [-0.2, -0.15) is 0 Å². The summed E-state index contributed by atoms with van der Waals surface area (Å²) in [6, 6.07) is 9.97. The standard InChI is InChI=1S/C22H24FN3O5S2/c1-15-8-9-16(23)12-18(15)24-20(27)13-32-14-21(28)25-10-5-11-26(25)22(29)17-6-3-4-7-19(17)33(2,30)31/h3-4,6-9,12H,5,10-11,13-14H2,1-2H3,(H,24,27). The monoisotopic (exact) mass is 493 g/mol. The van der Waals surface area contributed by atoms with Gasteiger partial charge in [-0.15, -0.1) is 11.8 Å². The molecule has 2 aromatic carbocycles. The van der Waals surface area contributed by atoms with Gasteiger partial charge in [-0.3, -0.25) is 19.4 Å². The Morgan fingerprint density at radius 2 is 1.76 bits per heavy atom. The lowest BCUT2D eigenvalue weighted by atomic mass is 10.2. The van der Waals surface area contributed by atoms with Gasteiger partial charge in [0.1, 0.15) is 5.82 Å². The minimum absolute atomic E-state index is 0.0113. The maximum Gasteiger partial charge on any atom is 0.273 e. The molecule has 1 heterocycles. The topological polar surface area (TPSA) is 104 Å². The Bertz CT molecular complexity index is 1190. The fraction of sp³-hybridized carbons (Fsp3) is 0.318. The zero-order valence-corrected chi connectivity index (χ0v) is 19.8. The van der Waals surface area contributed by atoms with Crippen LogP contribution >= 0.6 is 11.8 Å². The molecule has 0 aliphatic carbocycles. The van der Waals surface area contributed by atoms with Crippen LogP contribution in [0.1, 0.15) is 22.3 Å². The number of carbonyl (C=O) groups excluding carboxylic acids is 3. The van der Waals surface area contributed by atoms with Gasteiger partial charge in [-0.25, -0.2) is 17.8 Å². The fourth-order valence-corrected chi connectivity index (χ4v) is 4.97. The molecule has 8 nitrogen and oxygen atoms in total. The highest BCUT2D eigenvalue weighted by Crippen LogP contribution is 2.22.